The van der Waals surface area contributed by atoms with Crippen LogP contribution in [-0.2, 0) is 11.3 Å². The Bertz CT molecular complexity index is 576. The smallest absolute Gasteiger partial charge is 0.221 e. The van der Waals surface area contributed by atoms with Crippen LogP contribution in [0.1, 0.15) is 32.8 Å². The number of amides is 1. The van der Waals surface area contributed by atoms with E-state index in [0.717, 1.165) is 23.0 Å². The van der Waals surface area contributed by atoms with Crippen molar-refractivity contribution in [3.63, 3.8) is 0 Å². The SMILES string of the molecule is CC(C)NC(=O)C[C@@H](C)NCc1cccc2cn[nH]c12. The molecule has 0 aliphatic carbocycles. The first-order valence-corrected chi connectivity index (χ1v) is 7.00. The van der Waals surface area contributed by atoms with Gasteiger partial charge in [0.25, 0.3) is 0 Å². The molecule has 2 aromatic rings. The Labute approximate surface area is 119 Å². The Morgan fingerprint density at radius 1 is 1.35 bits per heavy atom. The van der Waals surface area contributed by atoms with Crippen molar-refractivity contribution in [3.05, 3.63) is 30.0 Å². The summed E-state index contributed by atoms with van der Waals surface area (Å²) in [5.74, 6) is 0.0831. The molecule has 0 aliphatic rings. The fourth-order valence-electron chi connectivity index (χ4n) is 2.19. The van der Waals surface area contributed by atoms with E-state index in [2.05, 4.69) is 26.9 Å². The van der Waals surface area contributed by atoms with E-state index in [1.54, 1.807) is 0 Å². The highest BCUT2D eigenvalue weighted by atomic mass is 16.1. The van der Waals surface area contributed by atoms with E-state index < -0.39 is 0 Å². The molecule has 0 spiro atoms. The molecule has 20 heavy (non-hydrogen) atoms. The number of aromatic amines is 1. The summed E-state index contributed by atoms with van der Waals surface area (Å²) < 4.78 is 0. The maximum absolute atomic E-state index is 11.7. The van der Waals surface area contributed by atoms with Gasteiger partial charge in [-0.05, 0) is 26.3 Å². The Morgan fingerprint density at radius 2 is 2.15 bits per heavy atom. The van der Waals surface area contributed by atoms with Crippen LogP contribution >= 0.6 is 0 Å². The first-order chi connectivity index (χ1) is 9.56. The van der Waals surface area contributed by atoms with Gasteiger partial charge in [-0.1, -0.05) is 18.2 Å². The zero-order valence-electron chi connectivity index (χ0n) is 12.2. The standard InChI is InChI=1S/C15H22N4O/c1-10(2)18-14(20)7-11(3)16-8-12-5-4-6-13-9-17-19-15(12)13/h4-6,9-11,16H,7-8H2,1-3H3,(H,17,19)(H,18,20)/t11-/m1/s1. The number of H-pyrrole nitrogens is 1. The van der Waals surface area contributed by atoms with Gasteiger partial charge >= 0.3 is 0 Å². The van der Waals surface area contributed by atoms with Crippen molar-refractivity contribution in [1.82, 2.24) is 20.8 Å². The van der Waals surface area contributed by atoms with Crippen LogP contribution in [0.15, 0.2) is 24.4 Å². The molecule has 0 saturated carbocycles. The molecule has 0 unspecified atom stereocenters. The van der Waals surface area contributed by atoms with E-state index in [-0.39, 0.29) is 18.0 Å². The van der Waals surface area contributed by atoms with Crippen LogP contribution in [0.5, 0.6) is 0 Å². The highest BCUT2D eigenvalue weighted by Gasteiger charge is 2.10. The average molecular weight is 274 g/mol. The molecule has 1 heterocycles. The number of hydrogen-bond acceptors (Lipinski definition) is 3. The van der Waals surface area contributed by atoms with Crippen LogP contribution in [-0.4, -0.2) is 28.2 Å². The largest absolute Gasteiger partial charge is 0.354 e. The minimum Gasteiger partial charge on any atom is -0.354 e. The van der Waals surface area contributed by atoms with Crippen molar-refractivity contribution in [2.24, 2.45) is 0 Å². The monoisotopic (exact) mass is 274 g/mol. The minimum atomic E-state index is 0.0831. The van der Waals surface area contributed by atoms with Crippen LogP contribution in [0.4, 0.5) is 0 Å². The molecule has 0 saturated heterocycles. The van der Waals surface area contributed by atoms with Gasteiger partial charge in [0.2, 0.25) is 5.91 Å². The van der Waals surface area contributed by atoms with Gasteiger partial charge in [0.1, 0.15) is 0 Å². The van der Waals surface area contributed by atoms with E-state index >= 15 is 0 Å². The summed E-state index contributed by atoms with van der Waals surface area (Å²) in [7, 11) is 0. The number of carbonyl (C=O) groups is 1. The molecule has 5 nitrogen and oxygen atoms in total. The quantitative estimate of drug-likeness (QED) is 0.754. The molecular weight excluding hydrogens is 252 g/mol. The molecule has 1 aromatic carbocycles. The molecule has 1 amide bonds. The van der Waals surface area contributed by atoms with Crippen LogP contribution in [0.25, 0.3) is 10.9 Å². The van der Waals surface area contributed by atoms with Gasteiger partial charge in [0.15, 0.2) is 0 Å². The predicted octanol–water partition coefficient (Wildman–Crippen LogP) is 1.96. The second-order valence-corrected chi connectivity index (χ2v) is 5.46. The Morgan fingerprint density at radius 3 is 2.90 bits per heavy atom. The molecule has 0 bridgehead atoms. The average Bonchev–Trinajstić information content (AvgIpc) is 2.83. The predicted molar refractivity (Wildman–Crippen MR) is 80.3 cm³/mol. The maximum Gasteiger partial charge on any atom is 0.221 e. The van der Waals surface area contributed by atoms with Crippen molar-refractivity contribution in [3.8, 4) is 0 Å². The molecule has 108 valence electrons. The van der Waals surface area contributed by atoms with Crippen molar-refractivity contribution in [1.29, 1.82) is 0 Å². The molecule has 0 radical (unpaired) electrons. The van der Waals surface area contributed by atoms with Gasteiger partial charge in [-0.3, -0.25) is 9.89 Å². The lowest BCUT2D eigenvalue weighted by Gasteiger charge is -2.15. The van der Waals surface area contributed by atoms with Crippen molar-refractivity contribution in [2.75, 3.05) is 0 Å². The second-order valence-electron chi connectivity index (χ2n) is 5.46. The highest BCUT2D eigenvalue weighted by molar-refractivity contribution is 5.81. The number of carbonyl (C=O) groups excluding carboxylic acids is 1. The molecule has 2 rings (SSSR count). The number of rotatable bonds is 6. The summed E-state index contributed by atoms with van der Waals surface area (Å²) in [5.41, 5.74) is 2.22. The van der Waals surface area contributed by atoms with Crippen LogP contribution < -0.4 is 10.6 Å². The third-order valence-electron chi connectivity index (χ3n) is 3.15. The fraction of sp³-hybridized carbons (Fsp3) is 0.467. The third kappa shape index (κ3) is 3.81. The van der Waals surface area contributed by atoms with Gasteiger partial charge in [-0.25, -0.2) is 0 Å². The topological polar surface area (TPSA) is 69.8 Å². The maximum atomic E-state index is 11.7. The van der Waals surface area contributed by atoms with E-state index in [0.29, 0.717) is 6.42 Å². The molecule has 0 aliphatic heterocycles. The number of nitrogens with zero attached hydrogens (tertiary/aromatic N) is 1. The van der Waals surface area contributed by atoms with E-state index in [4.69, 9.17) is 0 Å². The molecule has 3 N–H and O–H groups in total. The number of benzene rings is 1. The van der Waals surface area contributed by atoms with E-state index in [9.17, 15) is 4.79 Å². The summed E-state index contributed by atoms with van der Waals surface area (Å²) in [6, 6.07) is 6.43. The lowest BCUT2D eigenvalue weighted by molar-refractivity contribution is -0.122. The first-order valence-electron chi connectivity index (χ1n) is 7.00. The van der Waals surface area contributed by atoms with Crippen molar-refractivity contribution >= 4 is 16.8 Å². The Kier molecular flexibility index (Phi) is 4.74. The third-order valence-corrected chi connectivity index (χ3v) is 3.15. The number of aromatic nitrogens is 2. The van der Waals surface area contributed by atoms with Crippen molar-refractivity contribution < 1.29 is 4.79 Å². The number of fused-ring (bicyclic) bond motifs is 1. The lowest BCUT2D eigenvalue weighted by Crippen LogP contribution is -2.36. The number of para-hydroxylation sites is 1. The summed E-state index contributed by atoms with van der Waals surface area (Å²) in [5, 5.41) is 14.4. The van der Waals surface area contributed by atoms with Gasteiger partial charge in [-0.2, -0.15) is 5.10 Å². The van der Waals surface area contributed by atoms with E-state index in [1.165, 1.54) is 0 Å². The first kappa shape index (κ1) is 14.5. The van der Waals surface area contributed by atoms with Gasteiger partial charge in [0.05, 0.1) is 11.7 Å². The Hall–Kier alpha value is -1.88. The second kappa shape index (κ2) is 6.52. The Balaban J connectivity index is 1.88. The minimum absolute atomic E-state index is 0.0831. The molecule has 5 heteroatoms. The van der Waals surface area contributed by atoms with Gasteiger partial charge in [0, 0.05) is 30.4 Å². The van der Waals surface area contributed by atoms with Crippen LogP contribution in [0.2, 0.25) is 0 Å². The zero-order chi connectivity index (χ0) is 14.5. The molecule has 1 atom stereocenters. The number of hydrogen-bond donors (Lipinski definition) is 3. The summed E-state index contributed by atoms with van der Waals surface area (Å²) in [4.78, 5) is 11.7. The van der Waals surface area contributed by atoms with Crippen LogP contribution in [0.3, 0.4) is 0 Å². The normalized spacial score (nSPS) is 12.8. The fourth-order valence-corrected chi connectivity index (χ4v) is 2.19. The lowest BCUT2D eigenvalue weighted by atomic mass is 10.1. The van der Waals surface area contributed by atoms with Crippen LogP contribution in [0, 0.1) is 0 Å². The molecule has 0 fully saturated rings. The van der Waals surface area contributed by atoms with Gasteiger partial charge < -0.3 is 10.6 Å². The van der Waals surface area contributed by atoms with E-state index in [1.807, 2.05) is 39.1 Å². The molecular formula is C15H22N4O. The molecule has 1 aromatic heterocycles. The van der Waals surface area contributed by atoms with Crippen molar-refractivity contribution in [2.45, 2.75) is 45.8 Å². The number of nitrogens with one attached hydrogen (secondary N) is 3. The highest BCUT2D eigenvalue weighted by Crippen LogP contribution is 2.15. The summed E-state index contributed by atoms with van der Waals surface area (Å²) in [6.07, 6.45) is 2.30. The summed E-state index contributed by atoms with van der Waals surface area (Å²) in [6.45, 7) is 6.67. The summed E-state index contributed by atoms with van der Waals surface area (Å²) >= 11 is 0. The van der Waals surface area contributed by atoms with Gasteiger partial charge in [-0.15, -0.1) is 0 Å². The zero-order valence-corrected chi connectivity index (χ0v) is 12.2.